The highest BCUT2D eigenvalue weighted by molar-refractivity contribution is 5.69. The molecule has 0 spiro atoms. The summed E-state index contributed by atoms with van der Waals surface area (Å²) in [6, 6.07) is 1.21. The topological polar surface area (TPSA) is 38.3 Å². The van der Waals surface area contributed by atoms with E-state index in [0.29, 0.717) is 18.5 Å². The second-order valence-corrected chi connectivity index (χ2v) is 4.47. The molecule has 3 heteroatoms. The molecule has 0 saturated carbocycles. The van der Waals surface area contributed by atoms with Crippen molar-refractivity contribution in [3.05, 3.63) is 0 Å². The number of rotatable bonds is 3. The Morgan fingerprint density at radius 3 is 2.57 bits per heavy atom. The van der Waals surface area contributed by atoms with Crippen LogP contribution in [0.4, 0.5) is 0 Å². The van der Waals surface area contributed by atoms with E-state index >= 15 is 0 Å². The van der Waals surface area contributed by atoms with E-state index in [9.17, 15) is 4.79 Å². The van der Waals surface area contributed by atoms with Gasteiger partial charge in [-0.05, 0) is 32.1 Å². The first-order chi connectivity index (χ1) is 6.78. The predicted molar refractivity (Wildman–Crippen MR) is 54.0 cm³/mol. The Kier molecular flexibility index (Phi) is 3.06. The smallest absolute Gasteiger partial charge is 0.306 e. The summed E-state index contributed by atoms with van der Waals surface area (Å²) in [7, 11) is 0. The molecule has 0 aromatic carbocycles. The van der Waals surface area contributed by atoms with Crippen LogP contribution in [0, 0.1) is 0 Å². The molecular weight excluding hydrogens is 178 g/mol. The lowest BCUT2D eigenvalue weighted by Gasteiger charge is -2.28. The third-order valence-electron chi connectivity index (χ3n) is 3.18. The molecule has 3 atom stereocenters. The first-order valence-electron chi connectivity index (χ1n) is 5.73. The van der Waals surface area contributed by atoms with Crippen molar-refractivity contribution in [2.45, 2.75) is 63.6 Å². The molecule has 14 heavy (non-hydrogen) atoms. The first kappa shape index (κ1) is 9.97. The van der Waals surface area contributed by atoms with Gasteiger partial charge in [0.2, 0.25) is 0 Å². The molecule has 2 rings (SSSR count). The standard InChI is InChI=1S/C11H19NO2/c1-2-3-11(13)14-10-6-8-4-5-9(7-10)12-8/h8-10,12H,2-7H2,1H3/t8-,9+,10+. The van der Waals surface area contributed by atoms with Crippen molar-refractivity contribution in [3.63, 3.8) is 0 Å². The minimum atomic E-state index is -0.0150. The minimum absolute atomic E-state index is 0.0150. The van der Waals surface area contributed by atoms with E-state index in [2.05, 4.69) is 5.32 Å². The van der Waals surface area contributed by atoms with Crippen LogP contribution in [0.15, 0.2) is 0 Å². The Labute approximate surface area is 85.2 Å². The van der Waals surface area contributed by atoms with Crippen LogP contribution in [0.25, 0.3) is 0 Å². The lowest BCUT2D eigenvalue weighted by molar-refractivity contribution is -0.150. The number of carbonyl (C=O) groups excluding carboxylic acids is 1. The van der Waals surface area contributed by atoms with E-state index in [1.165, 1.54) is 12.8 Å². The summed E-state index contributed by atoms with van der Waals surface area (Å²) < 4.78 is 5.43. The van der Waals surface area contributed by atoms with Crippen molar-refractivity contribution < 1.29 is 9.53 Å². The number of carbonyl (C=O) groups is 1. The molecule has 2 aliphatic heterocycles. The highest BCUT2D eigenvalue weighted by atomic mass is 16.5. The summed E-state index contributed by atoms with van der Waals surface area (Å²) in [6.07, 6.45) is 6.19. The van der Waals surface area contributed by atoms with Gasteiger partial charge in [0, 0.05) is 18.5 Å². The van der Waals surface area contributed by atoms with Gasteiger partial charge in [-0.1, -0.05) is 6.92 Å². The van der Waals surface area contributed by atoms with E-state index in [1.807, 2.05) is 6.92 Å². The third-order valence-corrected chi connectivity index (χ3v) is 3.18. The fourth-order valence-corrected chi connectivity index (χ4v) is 2.55. The molecule has 0 aromatic rings. The Morgan fingerprint density at radius 1 is 1.36 bits per heavy atom. The van der Waals surface area contributed by atoms with Gasteiger partial charge in [-0.2, -0.15) is 0 Å². The average Bonchev–Trinajstić information content (AvgIpc) is 2.46. The maximum atomic E-state index is 11.3. The lowest BCUT2D eigenvalue weighted by atomic mass is 10.0. The molecule has 0 unspecified atom stereocenters. The van der Waals surface area contributed by atoms with E-state index in [4.69, 9.17) is 4.74 Å². The van der Waals surface area contributed by atoms with Gasteiger partial charge in [0.15, 0.2) is 0 Å². The molecule has 0 aromatic heterocycles. The summed E-state index contributed by atoms with van der Waals surface area (Å²) in [6.45, 7) is 2.01. The number of ether oxygens (including phenoxy) is 1. The van der Waals surface area contributed by atoms with E-state index < -0.39 is 0 Å². The van der Waals surface area contributed by atoms with Crippen molar-refractivity contribution in [2.24, 2.45) is 0 Å². The zero-order chi connectivity index (χ0) is 9.97. The van der Waals surface area contributed by atoms with Gasteiger partial charge in [0.1, 0.15) is 6.10 Å². The molecule has 2 bridgehead atoms. The van der Waals surface area contributed by atoms with Crippen molar-refractivity contribution in [1.82, 2.24) is 5.32 Å². The average molecular weight is 197 g/mol. The van der Waals surface area contributed by atoms with Crippen LogP contribution in [0.3, 0.4) is 0 Å². The quantitative estimate of drug-likeness (QED) is 0.699. The molecule has 0 aliphatic carbocycles. The second kappa shape index (κ2) is 4.30. The lowest BCUT2D eigenvalue weighted by Crippen LogP contribution is -2.42. The molecule has 2 heterocycles. The van der Waals surface area contributed by atoms with Crippen LogP contribution < -0.4 is 5.32 Å². The summed E-state index contributed by atoms with van der Waals surface area (Å²) in [4.78, 5) is 11.3. The van der Waals surface area contributed by atoms with Gasteiger partial charge in [-0.15, -0.1) is 0 Å². The van der Waals surface area contributed by atoms with Crippen LogP contribution in [-0.2, 0) is 9.53 Å². The van der Waals surface area contributed by atoms with Crippen LogP contribution in [0.2, 0.25) is 0 Å². The Balaban J connectivity index is 1.79. The van der Waals surface area contributed by atoms with Crippen molar-refractivity contribution in [1.29, 1.82) is 0 Å². The van der Waals surface area contributed by atoms with E-state index in [-0.39, 0.29) is 12.1 Å². The van der Waals surface area contributed by atoms with Gasteiger partial charge in [0.05, 0.1) is 0 Å². The summed E-state index contributed by atoms with van der Waals surface area (Å²) >= 11 is 0. The number of nitrogens with one attached hydrogen (secondary N) is 1. The van der Waals surface area contributed by atoms with Crippen molar-refractivity contribution in [2.75, 3.05) is 0 Å². The highest BCUT2D eigenvalue weighted by Gasteiger charge is 2.34. The van der Waals surface area contributed by atoms with Crippen LogP contribution in [0.5, 0.6) is 0 Å². The van der Waals surface area contributed by atoms with Gasteiger partial charge in [-0.3, -0.25) is 4.79 Å². The molecule has 1 N–H and O–H groups in total. The Hall–Kier alpha value is -0.570. The number of hydrogen-bond acceptors (Lipinski definition) is 3. The maximum Gasteiger partial charge on any atom is 0.306 e. The van der Waals surface area contributed by atoms with Crippen LogP contribution >= 0.6 is 0 Å². The largest absolute Gasteiger partial charge is 0.462 e. The summed E-state index contributed by atoms with van der Waals surface area (Å²) in [5.74, 6) is -0.0150. The molecule has 0 radical (unpaired) electrons. The van der Waals surface area contributed by atoms with Gasteiger partial charge in [0.25, 0.3) is 0 Å². The van der Waals surface area contributed by atoms with Gasteiger partial charge < -0.3 is 10.1 Å². The predicted octanol–water partition coefficient (Wildman–Crippen LogP) is 1.61. The van der Waals surface area contributed by atoms with E-state index in [0.717, 1.165) is 19.3 Å². The van der Waals surface area contributed by atoms with Gasteiger partial charge in [-0.25, -0.2) is 0 Å². The van der Waals surface area contributed by atoms with Crippen LogP contribution in [-0.4, -0.2) is 24.2 Å². The second-order valence-electron chi connectivity index (χ2n) is 4.47. The fraction of sp³-hybridized carbons (Fsp3) is 0.909. The van der Waals surface area contributed by atoms with Crippen LogP contribution in [0.1, 0.15) is 45.4 Å². The molecule has 2 aliphatic rings. The molecule has 0 amide bonds. The fourth-order valence-electron chi connectivity index (χ4n) is 2.55. The van der Waals surface area contributed by atoms with Crippen molar-refractivity contribution >= 4 is 5.97 Å². The summed E-state index contributed by atoms with van der Waals surface area (Å²) in [5.41, 5.74) is 0. The highest BCUT2D eigenvalue weighted by Crippen LogP contribution is 2.28. The van der Waals surface area contributed by atoms with E-state index in [1.54, 1.807) is 0 Å². The monoisotopic (exact) mass is 197 g/mol. The molecule has 2 saturated heterocycles. The molecular formula is C11H19NO2. The van der Waals surface area contributed by atoms with Gasteiger partial charge >= 0.3 is 5.97 Å². The minimum Gasteiger partial charge on any atom is -0.462 e. The maximum absolute atomic E-state index is 11.3. The number of hydrogen-bond donors (Lipinski definition) is 1. The van der Waals surface area contributed by atoms with Crippen molar-refractivity contribution in [3.8, 4) is 0 Å². The SMILES string of the molecule is CCCC(=O)O[C@H]1C[C@H]2CC[C@@H](C1)N2. The molecule has 3 nitrogen and oxygen atoms in total. The first-order valence-corrected chi connectivity index (χ1v) is 5.73. The Morgan fingerprint density at radius 2 is 2.00 bits per heavy atom. The number of esters is 1. The third kappa shape index (κ3) is 2.27. The number of fused-ring (bicyclic) bond motifs is 2. The Bertz CT molecular complexity index is 205. The summed E-state index contributed by atoms with van der Waals surface area (Å²) in [5, 5.41) is 3.53. The number of piperidine rings is 1. The zero-order valence-electron chi connectivity index (χ0n) is 8.79. The zero-order valence-corrected chi connectivity index (χ0v) is 8.79. The molecule has 80 valence electrons. The molecule has 2 fully saturated rings. The normalized spacial score (nSPS) is 35.6.